The molecule has 0 amide bonds. The van der Waals surface area contributed by atoms with Gasteiger partial charge in [-0.25, -0.2) is 4.52 Å². The molecule has 2 rings (SSSR count). The van der Waals surface area contributed by atoms with E-state index >= 15 is 0 Å². The Hall–Kier alpha value is -1.45. The molecule has 2 aromatic heterocycles. The van der Waals surface area contributed by atoms with Crippen molar-refractivity contribution >= 4 is 5.65 Å². The Labute approximate surface area is 76.6 Å². The topological polar surface area (TPSA) is 43.1 Å². The average Bonchev–Trinajstić information content (AvgIpc) is 2.47. The monoisotopic (exact) mass is 176 g/mol. The maximum atomic E-state index is 3.89. The first-order valence-corrected chi connectivity index (χ1v) is 4.25. The molecule has 0 radical (unpaired) electrons. The van der Waals surface area contributed by atoms with Crippen LogP contribution in [-0.2, 0) is 5.41 Å². The maximum Gasteiger partial charge on any atom is 0.179 e. The summed E-state index contributed by atoms with van der Waals surface area (Å²) in [6, 6.07) is 4.06. The van der Waals surface area contributed by atoms with Crippen LogP contribution in [-0.4, -0.2) is 20.0 Å². The highest BCUT2D eigenvalue weighted by Gasteiger charge is 2.14. The predicted molar refractivity (Wildman–Crippen MR) is 49.5 cm³/mol. The van der Waals surface area contributed by atoms with E-state index < -0.39 is 0 Å². The summed E-state index contributed by atoms with van der Waals surface area (Å²) >= 11 is 0. The molecule has 2 aromatic rings. The van der Waals surface area contributed by atoms with Gasteiger partial charge >= 0.3 is 0 Å². The number of tetrazole rings is 1. The molecule has 0 aliphatic rings. The third-order valence-corrected chi connectivity index (χ3v) is 2.06. The molecule has 0 saturated carbocycles. The SMILES string of the molecule is CC(C)(C)c1ccn2nnnc2c1. The molecule has 0 aromatic carbocycles. The first-order valence-electron chi connectivity index (χ1n) is 4.25. The zero-order chi connectivity index (χ0) is 9.47. The van der Waals surface area contributed by atoms with Gasteiger partial charge in [-0.05, 0) is 33.5 Å². The lowest BCUT2D eigenvalue weighted by Crippen LogP contribution is -2.11. The molecule has 68 valence electrons. The highest BCUT2D eigenvalue weighted by molar-refractivity contribution is 5.40. The van der Waals surface area contributed by atoms with E-state index in [1.54, 1.807) is 4.52 Å². The Balaban J connectivity index is 2.61. The van der Waals surface area contributed by atoms with Crippen LogP contribution in [0.1, 0.15) is 26.3 Å². The summed E-state index contributed by atoms with van der Waals surface area (Å²) < 4.78 is 1.66. The Bertz CT molecular complexity index is 424. The van der Waals surface area contributed by atoms with Gasteiger partial charge in [0.05, 0.1) is 0 Å². The van der Waals surface area contributed by atoms with Crippen molar-refractivity contribution in [3.8, 4) is 0 Å². The summed E-state index contributed by atoms with van der Waals surface area (Å²) in [7, 11) is 0. The Morgan fingerprint density at radius 2 is 2.08 bits per heavy atom. The van der Waals surface area contributed by atoms with E-state index in [9.17, 15) is 0 Å². The molecule has 0 aliphatic heterocycles. The van der Waals surface area contributed by atoms with E-state index in [0.717, 1.165) is 5.65 Å². The van der Waals surface area contributed by atoms with Gasteiger partial charge in [-0.1, -0.05) is 20.8 Å². The number of pyridine rings is 1. The quantitative estimate of drug-likeness (QED) is 0.609. The van der Waals surface area contributed by atoms with Crippen LogP contribution in [0.25, 0.3) is 5.65 Å². The standard InChI is InChI=1S/C9H12N4/c1-9(2,3)7-4-5-13-8(6-7)10-11-12-13/h4-6H,1-3H3. The fourth-order valence-corrected chi connectivity index (χ4v) is 1.21. The molecule has 0 atom stereocenters. The lowest BCUT2D eigenvalue weighted by molar-refractivity contribution is 0.589. The van der Waals surface area contributed by atoms with Crippen LogP contribution in [0.4, 0.5) is 0 Å². The molecule has 4 heteroatoms. The summed E-state index contributed by atoms with van der Waals surface area (Å²) in [5.41, 5.74) is 2.19. The second-order valence-corrected chi connectivity index (χ2v) is 4.15. The predicted octanol–water partition coefficient (Wildman–Crippen LogP) is 1.42. The van der Waals surface area contributed by atoms with E-state index in [4.69, 9.17) is 0 Å². The van der Waals surface area contributed by atoms with Crippen molar-refractivity contribution in [2.24, 2.45) is 0 Å². The molecular formula is C9H12N4. The molecule has 2 heterocycles. The highest BCUT2D eigenvalue weighted by Crippen LogP contribution is 2.21. The van der Waals surface area contributed by atoms with Crippen LogP contribution in [0.2, 0.25) is 0 Å². The second-order valence-electron chi connectivity index (χ2n) is 4.15. The lowest BCUT2D eigenvalue weighted by atomic mass is 9.88. The maximum absolute atomic E-state index is 3.89. The summed E-state index contributed by atoms with van der Waals surface area (Å²) in [6.45, 7) is 6.51. The summed E-state index contributed by atoms with van der Waals surface area (Å²) in [5, 5.41) is 11.3. The minimum absolute atomic E-state index is 0.147. The van der Waals surface area contributed by atoms with E-state index in [1.807, 2.05) is 18.3 Å². The van der Waals surface area contributed by atoms with Crippen LogP contribution in [0.15, 0.2) is 18.3 Å². The van der Waals surface area contributed by atoms with Crippen LogP contribution < -0.4 is 0 Å². The van der Waals surface area contributed by atoms with Crippen molar-refractivity contribution in [2.45, 2.75) is 26.2 Å². The van der Waals surface area contributed by atoms with E-state index in [-0.39, 0.29) is 5.41 Å². The van der Waals surface area contributed by atoms with Crippen LogP contribution in [0, 0.1) is 0 Å². The Morgan fingerprint density at radius 3 is 2.77 bits per heavy atom. The number of nitrogens with zero attached hydrogens (tertiary/aromatic N) is 4. The van der Waals surface area contributed by atoms with Gasteiger partial charge in [-0.15, -0.1) is 5.10 Å². The molecule has 0 bridgehead atoms. The normalized spacial score (nSPS) is 12.2. The molecule has 0 spiro atoms. The van der Waals surface area contributed by atoms with Gasteiger partial charge < -0.3 is 0 Å². The van der Waals surface area contributed by atoms with Crippen LogP contribution in [0.3, 0.4) is 0 Å². The number of fused-ring (bicyclic) bond motifs is 1. The third kappa shape index (κ3) is 1.39. The average molecular weight is 176 g/mol. The van der Waals surface area contributed by atoms with Crippen molar-refractivity contribution < 1.29 is 0 Å². The fourth-order valence-electron chi connectivity index (χ4n) is 1.21. The number of hydrogen-bond donors (Lipinski definition) is 0. The van der Waals surface area contributed by atoms with Gasteiger partial charge in [0.1, 0.15) is 0 Å². The molecule has 0 aliphatic carbocycles. The molecule has 0 saturated heterocycles. The van der Waals surface area contributed by atoms with Crippen molar-refractivity contribution in [3.63, 3.8) is 0 Å². The van der Waals surface area contributed by atoms with E-state index in [2.05, 4.69) is 36.3 Å². The van der Waals surface area contributed by atoms with Crippen LogP contribution in [0.5, 0.6) is 0 Å². The van der Waals surface area contributed by atoms with E-state index in [0.29, 0.717) is 0 Å². The zero-order valence-corrected chi connectivity index (χ0v) is 8.02. The number of rotatable bonds is 0. The molecule has 0 fully saturated rings. The first-order chi connectivity index (χ1) is 6.07. The van der Waals surface area contributed by atoms with Gasteiger partial charge in [-0.2, -0.15) is 0 Å². The smallest absolute Gasteiger partial charge is 0.179 e. The van der Waals surface area contributed by atoms with Gasteiger partial charge in [0, 0.05) is 6.20 Å². The third-order valence-electron chi connectivity index (χ3n) is 2.06. The Kier molecular flexibility index (Phi) is 1.58. The van der Waals surface area contributed by atoms with Gasteiger partial charge in [0.15, 0.2) is 5.65 Å². The molecular weight excluding hydrogens is 164 g/mol. The van der Waals surface area contributed by atoms with Gasteiger partial charge in [0.25, 0.3) is 0 Å². The second kappa shape index (κ2) is 2.52. The number of hydrogen-bond acceptors (Lipinski definition) is 3. The minimum Gasteiger partial charge on any atom is -0.201 e. The van der Waals surface area contributed by atoms with Gasteiger partial charge in [-0.3, -0.25) is 0 Å². The summed E-state index contributed by atoms with van der Waals surface area (Å²) in [5.74, 6) is 0. The van der Waals surface area contributed by atoms with Gasteiger partial charge in [0.2, 0.25) is 0 Å². The lowest BCUT2D eigenvalue weighted by Gasteiger charge is -2.18. The Morgan fingerprint density at radius 1 is 1.31 bits per heavy atom. The van der Waals surface area contributed by atoms with Crippen molar-refractivity contribution in [3.05, 3.63) is 23.9 Å². The van der Waals surface area contributed by atoms with Crippen molar-refractivity contribution in [1.82, 2.24) is 20.0 Å². The minimum atomic E-state index is 0.147. The molecule has 4 nitrogen and oxygen atoms in total. The number of aromatic nitrogens is 4. The summed E-state index contributed by atoms with van der Waals surface area (Å²) in [6.07, 6.45) is 1.88. The fraction of sp³-hybridized carbons (Fsp3) is 0.444. The summed E-state index contributed by atoms with van der Waals surface area (Å²) in [4.78, 5) is 0. The van der Waals surface area contributed by atoms with Crippen molar-refractivity contribution in [2.75, 3.05) is 0 Å². The molecule has 0 unspecified atom stereocenters. The molecule has 0 N–H and O–H groups in total. The van der Waals surface area contributed by atoms with E-state index in [1.165, 1.54) is 5.56 Å². The van der Waals surface area contributed by atoms with Crippen molar-refractivity contribution in [1.29, 1.82) is 0 Å². The first kappa shape index (κ1) is 8.16. The highest BCUT2D eigenvalue weighted by atomic mass is 15.5. The zero-order valence-electron chi connectivity index (χ0n) is 8.02. The largest absolute Gasteiger partial charge is 0.201 e. The van der Waals surface area contributed by atoms with Crippen LogP contribution >= 0.6 is 0 Å². The molecule has 13 heavy (non-hydrogen) atoms.